The summed E-state index contributed by atoms with van der Waals surface area (Å²) in [6.45, 7) is 3.94. The average Bonchev–Trinajstić information content (AvgIpc) is 2.81. The molecular formula is C16H16N2O3S. The first-order valence-corrected chi connectivity index (χ1v) is 7.59. The van der Waals surface area contributed by atoms with E-state index in [-0.39, 0.29) is 5.56 Å². The second-order valence-corrected chi connectivity index (χ2v) is 6.15. The van der Waals surface area contributed by atoms with Crippen molar-refractivity contribution in [3.05, 3.63) is 39.0 Å². The predicted octanol–water partition coefficient (Wildman–Crippen LogP) is 3.29. The number of aryl methyl sites for hydroxylation is 2. The molecular weight excluding hydrogens is 300 g/mol. The van der Waals surface area contributed by atoms with E-state index in [1.807, 2.05) is 26.0 Å². The topological polar surface area (TPSA) is 64.2 Å². The number of rotatable bonds is 3. The lowest BCUT2D eigenvalue weighted by Crippen LogP contribution is -2.09. The number of hydrogen-bond acceptors (Lipinski definition) is 5. The molecule has 0 radical (unpaired) electrons. The fourth-order valence-electron chi connectivity index (χ4n) is 2.38. The first-order valence-electron chi connectivity index (χ1n) is 6.77. The molecule has 114 valence electrons. The molecule has 0 saturated carbocycles. The fourth-order valence-corrected chi connectivity index (χ4v) is 3.41. The Morgan fingerprint density at radius 2 is 1.95 bits per heavy atom. The first kappa shape index (κ1) is 14.6. The molecule has 1 N–H and O–H groups in total. The van der Waals surface area contributed by atoms with E-state index in [4.69, 9.17) is 9.47 Å². The van der Waals surface area contributed by atoms with Crippen molar-refractivity contribution in [1.82, 2.24) is 9.97 Å². The number of thiophene rings is 1. The van der Waals surface area contributed by atoms with E-state index >= 15 is 0 Å². The molecule has 0 saturated heterocycles. The van der Waals surface area contributed by atoms with Crippen LogP contribution in [-0.2, 0) is 0 Å². The zero-order chi connectivity index (χ0) is 15.9. The smallest absolute Gasteiger partial charge is 0.260 e. The van der Waals surface area contributed by atoms with E-state index in [0.717, 1.165) is 20.8 Å². The first-order chi connectivity index (χ1) is 10.5. The molecule has 0 aliphatic carbocycles. The highest BCUT2D eigenvalue weighted by Crippen LogP contribution is 2.33. The van der Waals surface area contributed by atoms with Gasteiger partial charge in [-0.05, 0) is 31.5 Å². The SMILES string of the molecule is COc1ccc(-c2nc3sc(C)c(C)c3c(=O)[nH]2)c(OC)c1. The van der Waals surface area contributed by atoms with Gasteiger partial charge in [0.25, 0.3) is 5.56 Å². The van der Waals surface area contributed by atoms with E-state index in [9.17, 15) is 4.79 Å². The lowest BCUT2D eigenvalue weighted by atomic mass is 10.1. The third kappa shape index (κ3) is 2.25. The highest BCUT2D eigenvalue weighted by atomic mass is 32.1. The molecule has 0 atom stereocenters. The minimum Gasteiger partial charge on any atom is -0.497 e. The van der Waals surface area contributed by atoms with Crippen LogP contribution in [0.15, 0.2) is 23.0 Å². The van der Waals surface area contributed by atoms with Gasteiger partial charge in [0.1, 0.15) is 22.2 Å². The summed E-state index contributed by atoms with van der Waals surface area (Å²) in [6.07, 6.45) is 0. The number of nitrogens with one attached hydrogen (secondary N) is 1. The third-order valence-corrected chi connectivity index (χ3v) is 4.80. The zero-order valence-electron chi connectivity index (χ0n) is 12.8. The van der Waals surface area contributed by atoms with Crippen LogP contribution >= 0.6 is 11.3 Å². The van der Waals surface area contributed by atoms with Crippen molar-refractivity contribution in [2.45, 2.75) is 13.8 Å². The standard InChI is InChI=1S/C16H16N2O3S/c1-8-9(2)22-16-13(8)15(19)17-14(18-16)11-6-5-10(20-3)7-12(11)21-4/h5-7H,1-4H3,(H,17,18,19). The van der Waals surface area contributed by atoms with Crippen LogP contribution in [0.25, 0.3) is 21.6 Å². The lowest BCUT2D eigenvalue weighted by molar-refractivity contribution is 0.395. The number of benzene rings is 1. The van der Waals surface area contributed by atoms with Gasteiger partial charge >= 0.3 is 0 Å². The Hall–Kier alpha value is -2.34. The van der Waals surface area contributed by atoms with Crippen LogP contribution in [0.1, 0.15) is 10.4 Å². The summed E-state index contributed by atoms with van der Waals surface area (Å²) in [4.78, 5) is 21.7. The van der Waals surface area contributed by atoms with Gasteiger partial charge < -0.3 is 14.5 Å². The molecule has 0 aliphatic heterocycles. The Labute approximate surface area is 131 Å². The number of aromatic amines is 1. The van der Waals surface area contributed by atoms with Crippen LogP contribution in [0.4, 0.5) is 0 Å². The number of nitrogens with zero attached hydrogens (tertiary/aromatic N) is 1. The van der Waals surface area contributed by atoms with Gasteiger partial charge in [-0.3, -0.25) is 4.79 Å². The number of methoxy groups -OCH3 is 2. The molecule has 0 amide bonds. The summed E-state index contributed by atoms with van der Waals surface area (Å²) in [7, 11) is 3.17. The van der Waals surface area contributed by atoms with Crippen LogP contribution in [0.3, 0.4) is 0 Å². The largest absolute Gasteiger partial charge is 0.497 e. The molecule has 2 heterocycles. The Morgan fingerprint density at radius 1 is 1.18 bits per heavy atom. The van der Waals surface area contributed by atoms with Gasteiger partial charge in [-0.25, -0.2) is 4.98 Å². The third-order valence-electron chi connectivity index (χ3n) is 3.70. The fraction of sp³-hybridized carbons (Fsp3) is 0.250. The van der Waals surface area contributed by atoms with Crippen molar-refractivity contribution >= 4 is 21.6 Å². The van der Waals surface area contributed by atoms with Crippen LogP contribution in [0, 0.1) is 13.8 Å². The molecule has 3 rings (SSSR count). The Kier molecular flexibility index (Phi) is 3.62. The number of hydrogen-bond donors (Lipinski definition) is 1. The summed E-state index contributed by atoms with van der Waals surface area (Å²) in [5.74, 6) is 1.79. The Balaban J connectivity index is 2.25. The normalized spacial score (nSPS) is 10.9. The number of H-pyrrole nitrogens is 1. The van der Waals surface area contributed by atoms with Gasteiger partial charge in [-0.15, -0.1) is 11.3 Å². The highest BCUT2D eigenvalue weighted by Gasteiger charge is 2.15. The summed E-state index contributed by atoms with van der Waals surface area (Å²) in [5, 5.41) is 0.665. The molecule has 5 nitrogen and oxygen atoms in total. The second-order valence-electron chi connectivity index (χ2n) is 4.94. The Bertz CT molecular complexity index is 912. The van der Waals surface area contributed by atoms with Crippen molar-refractivity contribution in [3.8, 4) is 22.9 Å². The second kappa shape index (κ2) is 5.46. The molecule has 0 spiro atoms. The van der Waals surface area contributed by atoms with Crippen molar-refractivity contribution in [2.75, 3.05) is 14.2 Å². The van der Waals surface area contributed by atoms with Crippen LogP contribution in [-0.4, -0.2) is 24.2 Å². The average molecular weight is 316 g/mol. The van der Waals surface area contributed by atoms with E-state index in [0.29, 0.717) is 22.7 Å². The van der Waals surface area contributed by atoms with Gasteiger partial charge in [0, 0.05) is 10.9 Å². The zero-order valence-corrected chi connectivity index (χ0v) is 13.6. The van der Waals surface area contributed by atoms with Gasteiger partial charge in [-0.2, -0.15) is 0 Å². The summed E-state index contributed by atoms with van der Waals surface area (Å²) in [5.41, 5.74) is 1.59. The molecule has 3 aromatic rings. The maximum absolute atomic E-state index is 12.4. The van der Waals surface area contributed by atoms with Crippen molar-refractivity contribution < 1.29 is 9.47 Å². The predicted molar refractivity (Wildman–Crippen MR) is 88.3 cm³/mol. The lowest BCUT2D eigenvalue weighted by Gasteiger charge is -2.09. The van der Waals surface area contributed by atoms with E-state index < -0.39 is 0 Å². The van der Waals surface area contributed by atoms with Crippen molar-refractivity contribution in [3.63, 3.8) is 0 Å². The molecule has 0 aliphatic rings. The molecule has 6 heteroatoms. The van der Waals surface area contributed by atoms with Crippen molar-refractivity contribution in [2.24, 2.45) is 0 Å². The molecule has 1 aromatic carbocycles. The van der Waals surface area contributed by atoms with Gasteiger partial charge in [0.05, 0.1) is 25.2 Å². The van der Waals surface area contributed by atoms with Crippen molar-refractivity contribution in [1.29, 1.82) is 0 Å². The Morgan fingerprint density at radius 3 is 2.64 bits per heavy atom. The maximum Gasteiger partial charge on any atom is 0.260 e. The van der Waals surface area contributed by atoms with E-state index in [1.165, 1.54) is 11.3 Å². The molecule has 2 aromatic heterocycles. The summed E-state index contributed by atoms with van der Waals surface area (Å²) < 4.78 is 10.6. The van der Waals surface area contributed by atoms with Gasteiger partial charge in [-0.1, -0.05) is 0 Å². The summed E-state index contributed by atoms with van der Waals surface area (Å²) >= 11 is 1.53. The minimum absolute atomic E-state index is 0.125. The maximum atomic E-state index is 12.4. The van der Waals surface area contributed by atoms with Gasteiger partial charge in [0.2, 0.25) is 0 Å². The summed E-state index contributed by atoms with van der Waals surface area (Å²) in [6, 6.07) is 5.41. The minimum atomic E-state index is -0.125. The number of ether oxygens (including phenoxy) is 2. The highest BCUT2D eigenvalue weighted by molar-refractivity contribution is 7.18. The number of aromatic nitrogens is 2. The molecule has 22 heavy (non-hydrogen) atoms. The van der Waals surface area contributed by atoms with E-state index in [2.05, 4.69) is 9.97 Å². The van der Waals surface area contributed by atoms with Gasteiger partial charge in [0.15, 0.2) is 0 Å². The quantitative estimate of drug-likeness (QED) is 0.805. The van der Waals surface area contributed by atoms with Crippen LogP contribution in [0.2, 0.25) is 0 Å². The van der Waals surface area contributed by atoms with Crippen LogP contribution in [0.5, 0.6) is 11.5 Å². The van der Waals surface area contributed by atoms with Crippen LogP contribution < -0.4 is 15.0 Å². The van der Waals surface area contributed by atoms with E-state index in [1.54, 1.807) is 20.3 Å². The molecule has 0 unspecified atom stereocenters. The molecule has 0 bridgehead atoms. The molecule has 0 fully saturated rings. The monoisotopic (exact) mass is 316 g/mol. The number of fused-ring (bicyclic) bond motifs is 1.